The van der Waals surface area contributed by atoms with Crippen molar-refractivity contribution >= 4 is 5.91 Å². The lowest BCUT2D eigenvalue weighted by Crippen LogP contribution is -2.55. The number of halogens is 3. The molecule has 0 spiro atoms. The Morgan fingerprint density at radius 2 is 2.10 bits per heavy atom. The fraction of sp³-hybridized carbons (Fsp3) is 0.700. The van der Waals surface area contributed by atoms with Crippen molar-refractivity contribution in [3.05, 3.63) is 11.8 Å². The molecule has 0 saturated carbocycles. The largest absolute Gasteiger partial charge is 0.423 e. The second-order valence-electron chi connectivity index (χ2n) is 4.45. The van der Waals surface area contributed by atoms with Crippen LogP contribution in [0.15, 0.2) is 11.8 Å². The number of nitrogens with one attached hydrogen (secondary N) is 1. The van der Waals surface area contributed by atoms with Gasteiger partial charge in [0.25, 0.3) is 5.91 Å². The van der Waals surface area contributed by atoms with Crippen molar-refractivity contribution in [1.29, 1.82) is 0 Å². The van der Waals surface area contributed by atoms with Crippen molar-refractivity contribution in [2.75, 3.05) is 6.61 Å². The van der Waals surface area contributed by atoms with Gasteiger partial charge in [-0.2, -0.15) is 13.2 Å². The summed E-state index contributed by atoms with van der Waals surface area (Å²) in [6.07, 6.45) is -9.36. The van der Waals surface area contributed by atoms with Crippen LogP contribution >= 0.6 is 0 Å². The molecule has 2 aliphatic heterocycles. The van der Waals surface area contributed by atoms with E-state index in [2.05, 4.69) is 0 Å². The van der Waals surface area contributed by atoms with Crippen molar-refractivity contribution in [3.63, 3.8) is 0 Å². The molecule has 0 bridgehead atoms. The zero-order chi connectivity index (χ0) is 15.1. The fourth-order valence-electron chi connectivity index (χ4n) is 2.05. The van der Waals surface area contributed by atoms with Gasteiger partial charge in [0.05, 0.1) is 12.7 Å². The number of rotatable bonds is 2. The minimum absolute atomic E-state index is 0.111. The number of carbonyl (C=O) groups excluding carboxylic acids is 1. The number of ether oxygens (including phenoxy) is 1. The number of aliphatic hydroxyl groups is 3. The van der Waals surface area contributed by atoms with Crippen LogP contribution in [-0.4, -0.2) is 63.7 Å². The molecule has 2 rings (SSSR count). The van der Waals surface area contributed by atoms with Crippen molar-refractivity contribution in [2.24, 2.45) is 0 Å². The smallest absolute Gasteiger partial charge is 0.394 e. The summed E-state index contributed by atoms with van der Waals surface area (Å²) in [7, 11) is 0. The summed E-state index contributed by atoms with van der Waals surface area (Å²) < 4.78 is 43.0. The fourth-order valence-corrected chi connectivity index (χ4v) is 2.05. The molecule has 4 atom stereocenters. The first-order valence-corrected chi connectivity index (χ1v) is 5.74. The summed E-state index contributed by atoms with van der Waals surface area (Å²) >= 11 is 0. The third-order valence-electron chi connectivity index (χ3n) is 3.09. The minimum Gasteiger partial charge on any atom is -0.394 e. The lowest BCUT2D eigenvalue weighted by atomic mass is 10.1. The van der Waals surface area contributed by atoms with Gasteiger partial charge >= 0.3 is 6.18 Å². The van der Waals surface area contributed by atoms with Gasteiger partial charge in [-0.05, 0) is 0 Å². The van der Waals surface area contributed by atoms with Crippen LogP contribution in [0.3, 0.4) is 0 Å². The molecule has 0 aromatic heterocycles. The topological polar surface area (TPSA) is 102 Å². The highest BCUT2D eigenvalue weighted by Crippen LogP contribution is 2.31. The molecule has 0 aliphatic carbocycles. The number of hydrogen-bond acceptors (Lipinski definition) is 6. The molecule has 20 heavy (non-hydrogen) atoms. The highest BCUT2D eigenvalue weighted by molar-refractivity contribution is 5.95. The molecule has 2 heterocycles. The highest BCUT2D eigenvalue weighted by Gasteiger charge is 2.46. The molecule has 1 fully saturated rings. The predicted molar refractivity (Wildman–Crippen MR) is 56.5 cm³/mol. The van der Waals surface area contributed by atoms with Gasteiger partial charge in [-0.1, -0.05) is 0 Å². The molecule has 114 valence electrons. The molecule has 0 radical (unpaired) electrons. The quantitative estimate of drug-likeness (QED) is 0.500. The van der Waals surface area contributed by atoms with Gasteiger partial charge < -0.3 is 30.3 Å². The van der Waals surface area contributed by atoms with E-state index in [9.17, 15) is 28.2 Å². The van der Waals surface area contributed by atoms with E-state index in [1.165, 1.54) is 0 Å². The van der Waals surface area contributed by atoms with Gasteiger partial charge in [0.1, 0.15) is 17.9 Å². The monoisotopic (exact) mass is 298 g/mol. The van der Waals surface area contributed by atoms with Gasteiger partial charge in [0.2, 0.25) is 6.35 Å². The van der Waals surface area contributed by atoms with Crippen LogP contribution in [0, 0.1) is 0 Å². The van der Waals surface area contributed by atoms with Crippen LogP contribution in [0.5, 0.6) is 0 Å². The number of alkyl halides is 3. The molecule has 2 unspecified atom stereocenters. The molecule has 2 aliphatic rings. The maximum atomic E-state index is 12.6. The zero-order valence-electron chi connectivity index (χ0n) is 10.0. The first-order valence-electron chi connectivity index (χ1n) is 5.74. The Balaban J connectivity index is 2.22. The van der Waals surface area contributed by atoms with Crippen molar-refractivity contribution in [1.82, 2.24) is 10.2 Å². The Labute approximate surface area is 111 Å². The molecule has 10 heteroatoms. The van der Waals surface area contributed by atoms with Gasteiger partial charge in [-0.3, -0.25) is 4.79 Å². The predicted octanol–water partition coefficient (Wildman–Crippen LogP) is -1.39. The normalized spacial score (nSPS) is 35.0. The molecule has 4 N–H and O–H groups in total. The Bertz CT molecular complexity index is 428. The lowest BCUT2D eigenvalue weighted by Gasteiger charge is -2.36. The van der Waals surface area contributed by atoms with Gasteiger partial charge in [0.15, 0.2) is 0 Å². The molecular formula is C10H13F3N2O5. The Morgan fingerprint density at radius 3 is 2.60 bits per heavy atom. The van der Waals surface area contributed by atoms with E-state index in [1.807, 2.05) is 0 Å². The first-order chi connectivity index (χ1) is 9.24. The van der Waals surface area contributed by atoms with Crippen LogP contribution in [0.1, 0.15) is 6.42 Å². The summed E-state index contributed by atoms with van der Waals surface area (Å²) in [6, 6.07) is 0. The summed E-state index contributed by atoms with van der Waals surface area (Å²) in [5.74, 6) is -1.45. The molecule has 1 saturated heterocycles. The second kappa shape index (κ2) is 5.20. The third-order valence-corrected chi connectivity index (χ3v) is 3.09. The summed E-state index contributed by atoms with van der Waals surface area (Å²) in [4.78, 5) is 11.9. The van der Waals surface area contributed by atoms with E-state index in [4.69, 9.17) is 9.84 Å². The number of carbonyl (C=O) groups is 1. The average molecular weight is 298 g/mol. The van der Waals surface area contributed by atoms with E-state index in [1.54, 1.807) is 5.32 Å². The maximum absolute atomic E-state index is 12.6. The molecule has 7 nitrogen and oxygen atoms in total. The third kappa shape index (κ3) is 2.73. The van der Waals surface area contributed by atoms with Crippen molar-refractivity contribution in [3.8, 4) is 0 Å². The van der Waals surface area contributed by atoms with E-state index in [-0.39, 0.29) is 6.42 Å². The van der Waals surface area contributed by atoms with Gasteiger partial charge in [-0.25, -0.2) is 0 Å². The van der Waals surface area contributed by atoms with Crippen LogP contribution in [0.2, 0.25) is 0 Å². The van der Waals surface area contributed by atoms with Gasteiger partial charge in [-0.15, -0.1) is 0 Å². The summed E-state index contributed by atoms with van der Waals surface area (Å²) in [6.45, 7) is -0.510. The van der Waals surface area contributed by atoms with E-state index in [0.717, 1.165) is 4.90 Å². The average Bonchev–Trinajstić information content (AvgIpc) is 2.68. The maximum Gasteiger partial charge on any atom is 0.423 e. The number of nitrogens with zero attached hydrogens (tertiary/aromatic N) is 1. The van der Waals surface area contributed by atoms with E-state index in [0.29, 0.717) is 6.20 Å². The van der Waals surface area contributed by atoms with Crippen LogP contribution in [0.4, 0.5) is 13.2 Å². The highest BCUT2D eigenvalue weighted by atomic mass is 19.4. The van der Waals surface area contributed by atoms with Crippen LogP contribution < -0.4 is 5.32 Å². The number of aliphatic hydroxyl groups excluding tert-OH is 3. The molecule has 0 aromatic carbocycles. The standard InChI is InChI=1S/C10H13F3N2O5/c11-10(12,13)4-2-15(9(19)14-8(4)18)7-1-5(17)6(3-16)20-7/h2,5-7,9,16-17,19H,1,3H2,(H,14,18)/t5?,6-,7-,9?/m1/s1. The van der Waals surface area contributed by atoms with Crippen LogP contribution in [-0.2, 0) is 9.53 Å². The van der Waals surface area contributed by atoms with Crippen LogP contribution in [0.25, 0.3) is 0 Å². The summed E-state index contributed by atoms with van der Waals surface area (Å²) in [5, 5.41) is 29.8. The first kappa shape index (κ1) is 15.0. The molecule has 1 amide bonds. The Morgan fingerprint density at radius 1 is 1.45 bits per heavy atom. The Kier molecular flexibility index (Phi) is 3.91. The minimum atomic E-state index is -4.88. The second-order valence-corrected chi connectivity index (χ2v) is 4.45. The number of hydrogen-bond donors (Lipinski definition) is 4. The zero-order valence-corrected chi connectivity index (χ0v) is 10.0. The molecule has 0 aromatic rings. The summed E-state index contributed by atoms with van der Waals surface area (Å²) in [5.41, 5.74) is -1.48. The molecular weight excluding hydrogens is 285 g/mol. The number of amides is 1. The van der Waals surface area contributed by atoms with Crippen molar-refractivity contribution < 1.29 is 38.0 Å². The SMILES string of the molecule is O=C1NC(O)N([C@H]2CC(O)[C@@H](CO)O2)C=C1C(F)(F)F. The van der Waals surface area contributed by atoms with E-state index >= 15 is 0 Å². The van der Waals surface area contributed by atoms with Gasteiger partial charge in [0, 0.05) is 12.6 Å². The van der Waals surface area contributed by atoms with Crippen molar-refractivity contribution in [2.45, 2.75) is 37.4 Å². The van der Waals surface area contributed by atoms with E-state index < -0.39 is 49.1 Å². The lowest BCUT2D eigenvalue weighted by molar-refractivity contribution is -0.155. The Hall–Kier alpha value is -1.36.